The molecule has 5 rings (SSSR count). The van der Waals surface area contributed by atoms with Gasteiger partial charge in [-0.05, 0) is 18.6 Å². The van der Waals surface area contributed by atoms with Crippen LogP contribution in [0.2, 0.25) is 0 Å². The van der Waals surface area contributed by atoms with Gasteiger partial charge in [0.2, 0.25) is 0 Å². The molecule has 2 amide bonds. The molecule has 0 bridgehead atoms. The average Bonchev–Trinajstić information content (AvgIpc) is 3.34. The molecule has 0 saturated heterocycles. The lowest BCUT2D eigenvalue weighted by molar-refractivity contribution is -0.122. The molecule has 2 aromatic carbocycles. The third-order valence-corrected chi connectivity index (χ3v) is 5.55. The van der Waals surface area contributed by atoms with Crippen molar-refractivity contribution in [3.8, 4) is 0 Å². The van der Waals surface area contributed by atoms with E-state index in [2.05, 4.69) is 16.8 Å². The van der Waals surface area contributed by atoms with E-state index < -0.39 is 0 Å². The van der Waals surface area contributed by atoms with Crippen molar-refractivity contribution in [3.63, 3.8) is 0 Å². The highest BCUT2D eigenvalue weighted by atomic mass is 16.2. The van der Waals surface area contributed by atoms with E-state index in [0.29, 0.717) is 11.1 Å². The minimum atomic E-state index is -0.352. The average molecular weight is 382 g/mol. The van der Waals surface area contributed by atoms with Crippen molar-refractivity contribution in [1.82, 2.24) is 14.5 Å². The zero-order valence-electron chi connectivity index (χ0n) is 16.1. The van der Waals surface area contributed by atoms with Crippen LogP contribution in [0.3, 0.4) is 0 Å². The predicted molar refractivity (Wildman–Crippen MR) is 115 cm³/mol. The van der Waals surface area contributed by atoms with E-state index in [-0.39, 0.29) is 11.8 Å². The molecular weight excluding hydrogens is 362 g/mol. The third kappa shape index (κ3) is 2.54. The van der Waals surface area contributed by atoms with Gasteiger partial charge in [-0.15, -0.1) is 0 Å². The number of rotatable bonds is 4. The van der Waals surface area contributed by atoms with Crippen molar-refractivity contribution >= 4 is 44.8 Å². The molecule has 0 aliphatic carbocycles. The first kappa shape index (κ1) is 17.5. The monoisotopic (exact) mass is 382 g/mol. The number of nitrogens with one attached hydrogen (secondary N) is 1. The van der Waals surface area contributed by atoms with Crippen LogP contribution in [0.25, 0.3) is 33.0 Å². The summed E-state index contributed by atoms with van der Waals surface area (Å²) in [5, 5.41) is 4.42. The minimum absolute atomic E-state index is 0.351. The van der Waals surface area contributed by atoms with Crippen molar-refractivity contribution in [3.05, 3.63) is 79.0 Å². The van der Waals surface area contributed by atoms with E-state index in [9.17, 15) is 9.59 Å². The van der Waals surface area contributed by atoms with E-state index in [0.717, 1.165) is 45.9 Å². The molecule has 0 fully saturated rings. The number of nitrogens with zero attached hydrogens (tertiary/aromatic N) is 2. The molecule has 1 aliphatic heterocycles. The van der Waals surface area contributed by atoms with Crippen LogP contribution >= 0.6 is 0 Å². The summed E-state index contributed by atoms with van der Waals surface area (Å²) in [5.41, 5.74) is 4.47. The normalized spacial score (nSPS) is 14.4. The number of hydrogen-bond donors (Lipinski definition) is 1. The van der Waals surface area contributed by atoms with Crippen LogP contribution in [0, 0.1) is 6.92 Å². The molecule has 3 heterocycles. The molecule has 0 atom stereocenters. The second kappa shape index (κ2) is 6.48. The molecule has 0 saturated carbocycles. The molecule has 1 N–H and O–H groups in total. The molecule has 5 heteroatoms. The summed E-state index contributed by atoms with van der Waals surface area (Å²) >= 11 is 0. The number of aryl methyl sites for hydroxylation is 2. The summed E-state index contributed by atoms with van der Waals surface area (Å²) < 4.78 is 4.08. The Morgan fingerprint density at radius 3 is 2.03 bits per heavy atom. The Morgan fingerprint density at radius 2 is 1.38 bits per heavy atom. The molecule has 143 valence electrons. The lowest BCUT2D eigenvalue weighted by Gasteiger charge is -2.03. The Hall–Kier alpha value is -3.60. The van der Waals surface area contributed by atoms with E-state index in [1.807, 2.05) is 72.5 Å². The number of hydrogen-bond acceptors (Lipinski definition) is 2. The first-order valence-corrected chi connectivity index (χ1v) is 9.62. The number of aromatic nitrogens is 2. The molecule has 1 radical (unpaired) electrons. The first-order chi connectivity index (χ1) is 14.1. The number of carbonyl (C=O) groups excluding carboxylic acids is 2. The summed E-state index contributed by atoms with van der Waals surface area (Å²) in [4.78, 5) is 25.8. The van der Waals surface area contributed by atoms with Gasteiger partial charge in [-0.25, -0.2) is 0 Å². The zero-order valence-corrected chi connectivity index (χ0v) is 16.1. The van der Waals surface area contributed by atoms with Gasteiger partial charge < -0.3 is 9.13 Å². The van der Waals surface area contributed by atoms with Crippen LogP contribution in [-0.2, 0) is 23.2 Å². The molecule has 5 nitrogen and oxygen atoms in total. The number of fused-ring (bicyclic) bond motifs is 2. The second-order valence-electron chi connectivity index (χ2n) is 7.31. The van der Waals surface area contributed by atoms with Crippen molar-refractivity contribution < 1.29 is 9.59 Å². The molecule has 2 aromatic heterocycles. The largest absolute Gasteiger partial charge is 0.350 e. The number of para-hydroxylation sites is 2. The molecule has 1 aliphatic rings. The number of amides is 2. The Labute approximate surface area is 168 Å². The summed E-state index contributed by atoms with van der Waals surface area (Å²) in [7, 11) is 1.95. The lowest BCUT2D eigenvalue weighted by atomic mass is 9.95. The highest BCUT2D eigenvalue weighted by Gasteiger charge is 2.35. The topological polar surface area (TPSA) is 56.0 Å². The number of carbonyl (C=O) groups is 2. The zero-order chi connectivity index (χ0) is 20.1. The molecule has 0 spiro atoms. The first-order valence-electron chi connectivity index (χ1n) is 9.62. The Bertz CT molecular complexity index is 1340. The molecule has 29 heavy (non-hydrogen) atoms. The van der Waals surface area contributed by atoms with E-state index in [1.165, 1.54) is 0 Å². The molecular formula is C24H20N3O2. The van der Waals surface area contributed by atoms with E-state index in [4.69, 9.17) is 0 Å². The van der Waals surface area contributed by atoms with Crippen molar-refractivity contribution in [2.75, 3.05) is 0 Å². The van der Waals surface area contributed by atoms with Gasteiger partial charge in [-0.3, -0.25) is 14.9 Å². The summed E-state index contributed by atoms with van der Waals surface area (Å²) in [5.74, 6) is -0.703. The maximum Gasteiger partial charge on any atom is 0.259 e. The fraction of sp³-hybridized carbons (Fsp3) is 0.125. The van der Waals surface area contributed by atoms with Gasteiger partial charge >= 0.3 is 0 Å². The Kier molecular flexibility index (Phi) is 3.91. The number of imide groups is 1. The Morgan fingerprint density at radius 1 is 0.828 bits per heavy atom. The van der Waals surface area contributed by atoms with Crippen LogP contribution in [0.5, 0.6) is 0 Å². The van der Waals surface area contributed by atoms with Crippen LogP contribution in [0.15, 0.2) is 60.9 Å². The van der Waals surface area contributed by atoms with Gasteiger partial charge in [-0.1, -0.05) is 43.3 Å². The SMILES string of the molecule is [CH2]CCn1cc(C2=C(c3cn(C)c4ccccc34)C(=O)NC2=O)c2ccccc21. The molecule has 4 aromatic rings. The quantitative estimate of drug-likeness (QED) is 0.544. The fourth-order valence-corrected chi connectivity index (χ4v) is 4.31. The molecule has 0 unspecified atom stereocenters. The summed E-state index contributed by atoms with van der Waals surface area (Å²) in [6.45, 7) is 4.70. The maximum absolute atomic E-state index is 12.9. The second-order valence-corrected chi connectivity index (χ2v) is 7.31. The summed E-state index contributed by atoms with van der Waals surface area (Å²) in [6, 6.07) is 15.9. The highest BCUT2D eigenvalue weighted by Crippen LogP contribution is 2.38. The van der Waals surface area contributed by atoms with Crippen molar-refractivity contribution in [2.24, 2.45) is 7.05 Å². The Balaban J connectivity index is 1.85. The van der Waals surface area contributed by atoms with Gasteiger partial charge in [0.05, 0.1) is 11.1 Å². The van der Waals surface area contributed by atoms with Gasteiger partial charge in [0, 0.05) is 58.9 Å². The third-order valence-electron chi connectivity index (χ3n) is 5.55. The van der Waals surface area contributed by atoms with Crippen molar-refractivity contribution in [2.45, 2.75) is 13.0 Å². The number of benzene rings is 2. The van der Waals surface area contributed by atoms with Gasteiger partial charge in [0.25, 0.3) is 11.8 Å². The standard InChI is InChI=1S/C24H20N3O2/c1-3-12-27-14-18(16-9-5-7-11-20(16)27)22-21(23(28)25-24(22)29)17-13-26(2)19-10-6-4-8-15(17)19/h4-11,13-14H,1,3,12H2,2H3,(H,25,28,29). The van der Waals surface area contributed by atoms with E-state index >= 15 is 0 Å². The van der Waals surface area contributed by atoms with Crippen LogP contribution in [-0.4, -0.2) is 20.9 Å². The van der Waals surface area contributed by atoms with Crippen molar-refractivity contribution in [1.29, 1.82) is 0 Å². The van der Waals surface area contributed by atoms with Crippen LogP contribution in [0.4, 0.5) is 0 Å². The maximum atomic E-state index is 12.9. The van der Waals surface area contributed by atoms with Crippen LogP contribution in [0.1, 0.15) is 17.5 Å². The van der Waals surface area contributed by atoms with Gasteiger partial charge in [0.1, 0.15) is 0 Å². The minimum Gasteiger partial charge on any atom is -0.350 e. The predicted octanol–water partition coefficient (Wildman–Crippen LogP) is 3.92. The van der Waals surface area contributed by atoms with Crippen LogP contribution < -0.4 is 5.32 Å². The van der Waals surface area contributed by atoms with E-state index in [1.54, 1.807) is 0 Å². The fourth-order valence-electron chi connectivity index (χ4n) is 4.31. The highest BCUT2D eigenvalue weighted by molar-refractivity contribution is 6.50. The summed E-state index contributed by atoms with van der Waals surface area (Å²) in [6.07, 6.45) is 4.63. The smallest absolute Gasteiger partial charge is 0.259 e. The lowest BCUT2D eigenvalue weighted by Crippen LogP contribution is -2.22. The van der Waals surface area contributed by atoms with Gasteiger partial charge in [-0.2, -0.15) is 0 Å². The van der Waals surface area contributed by atoms with Gasteiger partial charge in [0.15, 0.2) is 0 Å².